The van der Waals surface area contributed by atoms with E-state index in [0.29, 0.717) is 11.4 Å². The van der Waals surface area contributed by atoms with E-state index in [1.165, 1.54) is 0 Å². The molecule has 164 valence electrons. The summed E-state index contributed by atoms with van der Waals surface area (Å²) in [7, 11) is 0. The van der Waals surface area contributed by atoms with Crippen molar-refractivity contribution in [2.45, 2.75) is 37.9 Å². The van der Waals surface area contributed by atoms with Gasteiger partial charge < -0.3 is 5.32 Å². The molecular formula is C22H27ClN6OS. The Morgan fingerprint density at radius 1 is 1.23 bits per heavy atom. The highest BCUT2D eigenvalue weighted by Crippen LogP contribution is 2.32. The summed E-state index contributed by atoms with van der Waals surface area (Å²) in [6, 6.07) is 13.6. The predicted octanol–water partition coefficient (Wildman–Crippen LogP) is 3.54. The Morgan fingerprint density at radius 2 is 2.03 bits per heavy atom. The number of benzene rings is 1. The first-order chi connectivity index (χ1) is 15.1. The minimum atomic E-state index is -0.191. The molecule has 4 unspecified atom stereocenters. The van der Waals surface area contributed by atoms with Gasteiger partial charge in [-0.3, -0.25) is 14.6 Å². The quantitative estimate of drug-likeness (QED) is 0.479. The lowest BCUT2D eigenvalue weighted by atomic mass is 9.87. The maximum atomic E-state index is 13.1. The van der Waals surface area contributed by atoms with Crippen LogP contribution in [0, 0.1) is 5.92 Å². The van der Waals surface area contributed by atoms with Crippen molar-refractivity contribution in [3.63, 3.8) is 0 Å². The summed E-state index contributed by atoms with van der Waals surface area (Å²) in [5.41, 5.74) is 8.51. The van der Waals surface area contributed by atoms with E-state index < -0.39 is 0 Å². The largest absolute Gasteiger partial charge is 0.346 e. The molecule has 9 heteroatoms. The maximum absolute atomic E-state index is 13.1. The van der Waals surface area contributed by atoms with Crippen molar-refractivity contribution < 1.29 is 4.79 Å². The van der Waals surface area contributed by atoms with Crippen LogP contribution in [-0.4, -0.2) is 38.6 Å². The molecule has 2 aromatic heterocycles. The summed E-state index contributed by atoms with van der Waals surface area (Å²) < 4.78 is 1.95. The number of fused-ring (bicyclic) bond motifs is 1. The zero-order valence-corrected chi connectivity index (χ0v) is 19.2. The molecule has 0 bridgehead atoms. The molecule has 3 aromatic rings. The first kappa shape index (κ1) is 22.1. The summed E-state index contributed by atoms with van der Waals surface area (Å²) in [4.78, 5) is 13.1. The third kappa shape index (κ3) is 5.03. The van der Waals surface area contributed by atoms with Gasteiger partial charge in [0, 0.05) is 29.6 Å². The van der Waals surface area contributed by atoms with Gasteiger partial charge in [-0.15, -0.1) is 10.2 Å². The topological polar surface area (TPSA) is 83.4 Å². The third-order valence-corrected chi connectivity index (χ3v) is 6.68. The standard InChI is InChI=1S/C22H27ClN6OS/c1-14-17(21(27-25-14)15-6-8-16(23)9-7-15)13-20(30)24-18(10-12-31-2)22-28-26-19-5-3-4-11-29(19)22/h3-9,11,14,17-18,21,25,27H,10,12-13H2,1-2H3,(H,24,30). The molecule has 0 aliphatic carbocycles. The molecule has 1 fully saturated rings. The molecule has 31 heavy (non-hydrogen) atoms. The predicted molar refractivity (Wildman–Crippen MR) is 125 cm³/mol. The number of rotatable bonds is 8. The molecule has 1 saturated heterocycles. The highest BCUT2D eigenvalue weighted by atomic mass is 35.5. The van der Waals surface area contributed by atoms with E-state index in [4.69, 9.17) is 11.6 Å². The zero-order chi connectivity index (χ0) is 21.8. The van der Waals surface area contributed by atoms with Crippen molar-refractivity contribution in [3.05, 3.63) is 65.1 Å². The van der Waals surface area contributed by atoms with Gasteiger partial charge in [-0.1, -0.05) is 29.8 Å². The smallest absolute Gasteiger partial charge is 0.220 e. The van der Waals surface area contributed by atoms with Crippen LogP contribution in [0.5, 0.6) is 0 Å². The maximum Gasteiger partial charge on any atom is 0.220 e. The summed E-state index contributed by atoms with van der Waals surface area (Å²) >= 11 is 7.79. The Kier molecular flexibility index (Phi) is 7.12. The number of nitrogens with one attached hydrogen (secondary N) is 3. The lowest BCUT2D eigenvalue weighted by Gasteiger charge is -2.23. The van der Waals surface area contributed by atoms with Crippen molar-refractivity contribution in [3.8, 4) is 0 Å². The highest BCUT2D eigenvalue weighted by Gasteiger charge is 2.36. The second-order valence-electron chi connectivity index (χ2n) is 7.86. The van der Waals surface area contributed by atoms with Gasteiger partial charge in [-0.05, 0) is 55.2 Å². The van der Waals surface area contributed by atoms with E-state index in [2.05, 4.69) is 39.5 Å². The monoisotopic (exact) mass is 458 g/mol. The van der Waals surface area contributed by atoms with Gasteiger partial charge in [0.1, 0.15) is 0 Å². The fourth-order valence-corrected chi connectivity index (χ4v) is 4.68. The van der Waals surface area contributed by atoms with Crippen LogP contribution in [0.3, 0.4) is 0 Å². The molecule has 4 atom stereocenters. The van der Waals surface area contributed by atoms with E-state index in [-0.39, 0.29) is 30.0 Å². The fourth-order valence-electron chi connectivity index (χ4n) is 4.09. The Morgan fingerprint density at radius 3 is 2.81 bits per heavy atom. The lowest BCUT2D eigenvalue weighted by molar-refractivity contribution is -0.123. The van der Waals surface area contributed by atoms with Crippen molar-refractivity contribution in [2.75, 3.05) is 12.0 Å². The fraction of sp³-hybridized carbons (Fsp3) is 0.409. The van der Waals surface area contributed by atoms with Gasteiger partial charge >= 0.3 is 0 Å². The number of aromatic nitrogens is 3. The van der Waals surface area contributed by atoms with Crippen LogP contribution in [0.15, 0.2) is 48.7 Å². The number of halogens is 1. The Balaban J connectivity index is 1.49. The van der Waals surface area contributed by atoms with Crippen molar-refractivity contribution in [1.29, 1.82) is 0 Å². The number of hydrogen-bond donors (Lipinski definition) is 3. The van der Waals surface area contributed by atoms with E-state index in [0.717, 1.165) is 29.2 Å². The highest BCUT2D eigenvalue weighted by molar-refractivity contribution is 7.98. The third-order valence-electron chi connectivity index (χ3n) is 5.78. The van der Waals surface area contributed by atoms with Crippen LogP contribution in [0.25, 0.3) is 5.65 Å². The van der Waals surface area contributed by atoms with Gasteiger partial charge in [0.05, 0.1) is 12.1 Å². The number of hydrogen-bond acceptors (Lipinski definition) is 6. The molecule has 3 heterocycles. The molecule has 4 rings (SSSR count). The van der Waals surface area contributed by atoms with Crippen LogP contribution in [0.2, 0.25) is 5.02 Å². The minimum Gasteiger partial charge on any atom is -0.346 e. The van der Waals surface area contributed by atoms with Gasteiger partial charge in [0.15, 0.2) is 11.5 Å². The molecule has 1 aromatic carbocycles. The number of hydrazine groups is 1. The Hall–Kier alpha value is -2.13. The molecule has 7 nitrogen and oxygen atoms in total. The number of amides is 1. The Labute approximate surface area is 191 Å². The molecule has 0 saturated carbocycles. The van der Waals surface area contributed by atoms with E-state index >= 15 is 0 Å². The molecular weight excluding hydrogens is 432 g/mol. The number of thioether (sulfide) groups is 1. The van der Waals surface area contributed by atoms with Gasteiger partial charge in [0.25, 0.3) is 0 Å². The van der Waals surface area contributed by atoms with E-state index in [9.17, 15) is 4.79 Å². The molecule has 1 aliphatic rings. The number of carbonyl (C=O) groups excluding carboxylic acids is 1. The molecule has 0 radical (unpaired) electrons. The molecule has 1 amide bonds. The average Bonchev–Trinajstić information content (AvgIpc) is 3.36. The van der Waals surface area contributed by atoms with Crippen molar-refractivity contribution >= 4 is 34.9 Å². The number of carbonyl (C=O) groups is 1. The van der Waals surface area contributed by atoms with Crippen LogP contribution in [0.4, 0.5) is 0 Å². The first-order valence-electron chi connectivity index (χ1n) is 10.4. The van der Waals surface area contributed by atoms with Crippen LogP contribution >= 0.6 is 23.4 Å². The normalized spacial score (nSPS) is 22.0. The van der Waals surface area contributed by atoms with Crippen molar-refractivity contribution in [2.24, 2.45) is 5.92 Å². The van der Waals surface area contributed by atoms with Crippen LogP contribution < -0.4 is 16.2 Å². The second kappa shape index (κ2) is 9.99. The lowest BCUT2D eigenvalue weighted by Crippen LogP contribution is -2.34. The van der Waals surface area contributed by atoms with Crippen LogP contribution in [0.1, 0.15) is 43.2 Å². The van der Waals surface area contributed by atoms with E-state index in [1.807, 2.05) is 53.1 Å². The summed E-state index contributed by atoms with van der Waals surface area (Å²) in [5, 5.41) is 12.5. The average molecular weight is 459 g/mol. The second-order valence-corrected chi connectivity index (χ2v) is 9.29. The Bertz CT molecular complexity index is 1030. The van der Waals surface area contributed by atoms with Gasteiger partial charge in [-0.25, -0.2) is 5.43 Å². The molecule has 3 N–H and O–H groups in total. The first-order valence-corrected chi connectivity index (χ1v) is 12.2. The summed E-state index contributed by atoms with van der Waals surface area (Å²) in [5.74, 6) is 1.81. The number of nitrogens with zero attached hydrogens (tertiary/aromatic N) is 3. The zero-order valence-electron chi connectivity index (χ0n) is 17.6. The summed E-state index contributed by atoms with van der Waals surface area (Å²) in [6.07, 6.45) is 5.20. The SMILES string of the molecule is CSCCC(NC(=O)CC1C(C)NNC1c1ccc(Cl)cc1)c1nnc2ccccn12. The van der Waals surface area contributed by atoms with Gasteiger partial charge in [0.2, 0.25) is 5.91 Å². The van der Waals surface area contributed by atoms with E-state index in [1.54, 1.807) is 11.8 Å². The molecule has 1 aliphatic heterocycles. The van der Waals surface area contributed by atoms with Crippen molar-refractivity contribution in [1.82, 2.24) is 30.8 Å². The van der Waals surface area contributed by atoms with Gasteiger partial charge in [-0.2, -0.15) is 11.8 Å². The minimum absolute atomic E-state index is 0.0140. The molecule has 0 spiro atoms. The number of pyridine rings is 1. The van der Waals surface area contributed by atoms with Crippen LogP contribution in [-0.2, 0) is 4.79 Å². The summed E-state index contributed by atoms with van der Waals surface area (Å²) in [6.45, 7) is 2.10.